The summed E-state index contributed by atoms with van der Waals surface area (Å²) in [6.07, 6.45) is 0. The van der Waals surface area contributed by atoms with Gasteiger partial charge in [0.2, 0.25) is 0 Å². The SMILES string of the molecule is CCN(CC)C(=O)c1sc2c(c1C)c(=O)n(-c1ccc(C)c(C)c1)c(=O)n2Cc1cc(C)ccc1C. The van der Waals surface area contributed by atoms with Gasteiger partial charge in [-0.15, -0.1) is 11.3 Å². The standard InChI is InChI=1S/C29H33N3O3S/c1-8-30(9-2)27(34)25-21(7)24-26(33)32(23-13-12-18(4)20(6)15-23)29(35)31(28(24)36-25)16-22-14-17(3)10-11-19(22)5/h10-15H,8-9,16H2,1-7H3. The van der Waals surface area contributed by atoms with Crippen molar-refractivity contribution in [1.29, 1.82) is 0 Å². The van der Waals surface area contributed by atoms with Crippen LogP contribution >= 0.6 is 11.3 Å². The lowest BCUT2D eigenvalue weighted by Crippen LogP contribution is -2.39. The molecule has 4 aromatic rings. The summed E-state index contributed by atoms with van der Waals surface area (Å²) < 4.78 is 2.91. The Morgan fingerprint density at radius 1 is 0.889 bits per heavy atom. The predicted octanol–water partition coefficient (Wildman–Crippen LogP) is 5.29. The van der Waals surface area contributed by atoms with Crippen molar-refractivity contribution in [2.75, 3.05) is 13.1 Å². The number of hydrogen-bond donors (Lipinski definition) is 0. The molecule has 0 spiro atoms. The lowest BCUT2D eigenvalue weighted by molar-refractivity contribution is 0.0777. The maximum absolute atomic E-state index is 14.0. The average molecular weight is 504 g/mol. The van der Waals surface area contributed by atoms with Gasteiger partial charge in [-0.3, -0.25) is 14.2 Å². The Morgan fingerprint density at radius 3 is 2.19 bits per heavy atom. The molecule has 0 bridgehead atoms. The van der Waals surface area contributed by atoms with Crippen molar-refractivity contribution >= 4 is 27.5 Å². The molecule has 0 saturated heterocycles. The molecule has 6 nitrogen and oxygen atoms in total. The maximum Gasteiger partial charge on any atom is 0.337 e. The number of aromatic nitrogens is 2. The zero-order chi connectivity index (χ0) is 26.3. The van der Waals surface area contributed by atoms with Gasteiger partial charge in [0.25, 0.3) is 11.5 Å². The van der Waals surface area contributed by atoms with Crippen molar-refractivity contribution in [1.82, 2.24) is 14.0 Å². The quantitative estimate of drug-likeness (QED) is 0.359. The monoisotopic (exact) mass is 503 g/mol. The molecule has 0 radical (unpaired) electrons. The van der Waals surface area contributed by atoms with Gasteiger partial charge in [0.05, 0.1) is 22.5 Å². The van der Waals surface area contributed by atoms with Crippen molar-refractivity contribution in [3.05, 3.63) is 95.5 Å². The van der Waals surface area contributed by atoms with E-state index in [1.54, 1.807) is 9.47 Å². The summed E-state index contributed by atoms with van der Waals surface area (Å²) in [5.41, 5.74) is 5.63. The highest BCUT2D eigenvalue weighted by Gasteiger charge is 2.26. The zero-order valence-electron chi connectivity index (χ0n) is 22.1. The molecule has 0 aliphatic carbocycles. The molecule has 2 aromatic heterocycles. The Morgan fingerprint density at radius 2 is 1.56 bits per heavy atom. The Labute approximate surface area is 215 Å². The van der Waals surface area contributed by atoms with E-state index in [1.165, 1.54) is 15.9 Å². The van der Waals surface area contributed by atoms with Crippen LogP contribution < -0.4 is 11.2 Å². The van der Waals surface area contributed by atoms with Crippen LogP contribution in [0.4, 0.5) is 0 Å². The second kappa shape index (κ2) is 9.90. The van der Waals surface area contributed by atoms with Crippen LogP contribution in [0.1, 0.15) is 56.9 Å². The highest BCUT2D eigenvalue weighted by atomic mass is 32.1. The average Bonchev–Trinajstić information content (AvgIpc) is 3.19. The molecule has 2 heterocycles. The van der Waals surface area contributed by atoms with Gasteiger partial charge in [-0.25, -0.2) is 9.36 Å². The molecule has 0 fully saturated rings. The van der Waals surface area contributed by atoms with E-state index >= 15 is 0 Å². The third kappa shape index (κ3) is 4.32. The lowest BCUT2D eigenvalue weighted by Gasteiger charge is -2.17. The number of thiophene rings is 1. The number of hydrogen-bond acceptors (Lipinski definition) is 4. The van der Waals surface area contributed by atoms with Crippen molar-refractivity contribution in [2.45, 2.75) is 55.0 Å². The van der Waals surface area contributed by atoms with Crippen LogP contribution in [0.5, 0.6) is 0 Å². The summed E-state index contributed by atoms with van der Waals surface area (Å²) in [5.74, 6) is -0.110. The fourth-order valence-corrected chi connectivity index (χ4v) is 5.84. The molecular formula is C29H33N3O3S. The summed E-state index contributed by atoms with van der Waals surface area (Å²) in [5, 5.41) is 0.429. The molecule has 0 aliphatic rings. The van der Waals surface area contributed by atoms with Crippen LogP contribution in [-0.2, 0) is 6.54 Å². The summed E-state index contributed by atoms with van der Waals surface area (Å²) >= 11 is 1.24. The van der Waals surface area contributed by atoms with Gasteiger partial charge in [0.15, 0.2) is 0 Å². The summed E-state index contributed by atoms with van der Waals surface area (Å²) in [6.45, 7) is 15.2. The van der Waals surface area contributed by atoms with E-state index < -0.39 is 5.69 Å². The van der Waals surface area contributed by atoms with Crippen molar-refractivity contribution < 1.29 is 4.79 Å². The summed E-state index contributed by atoms with van der Waals surface area (Å²) in [6, 6.07) is 11.8. The molecule has 0 saturated carbocycles. The molecule has 36 heavy (non-hydrogen) atoms. The van der Waals surface area contributed by atoms with Crippen molar-refractivity contribution in [2.24, 2.45) is 0 Å². The van der Waals surface area contributed by atoms with Crippen LogP contribution in [0.3, 0.4) is 0 Å². The van der Waals surface area contributed by atoms with E-state index in [2.05, 4.69) is 6.07 Å². The van der Waals surface area contributed by atoms with E-state index in [0.29, 0.717) is 46.0 Å². The molecule has 1 amide bonds. The van der Waals surface area contributed by atoms with E-state index in [9.17, 15) is 14.4 Å². The highest BCUT2D eigenvalue weighted by molar-refractivity contribution is 7.20. The molecule has 0 aliphatic heterocycles. The zero-order valence-corrected chi connectivity index (χ0v) is 22.9. The Bertz CT molecular complexity index is 1600. The van der Waals surface area contributed by atoms with Crippen LogP contribution in [0.2, 0.25) is 0 Å². The molecule has 0 N–H and O–H groups in total. The molecule has 0 unspecified atom stereocenters. The first-order valence-electron chi connectivity index (χ1n) is 12.3. The number of rotatable bonds is 6. The van der Waals surface area contributed by atoms with Crippen molar-refractivity contribution in [3.63, 3.8) is 0 Å². The number of nitrogens with zero attached hydrogens (tertiary/aromatic N) is 3. The van der Waals surface area contributed by atoms with Crippen molar-refractivity contribution in [3.8, 4) is 5.69 Å². The summed E-state index contributed by atoms with van der Waals surface area (Å²) in [4.78, 5) is 44.0. The first kappa shape index (κ1) is 25.6. The lowest BCUT2D eigenvalue weighted by atomic mass is 10.1. The number of benzene rings is 2. The van der Waals surface area contributed by atoms with E-state index in [0.717, 1.165) is 27.8 Å². The molecule has 2 aromatic carbocycles. The molecule has 4 rings (SSSR count). The topological polar surface area (TPSA) is 64.3 Å². The number of amides is 1. The minimum absolute atomic E-state index is 0.110. The second-order valence-corrected chi connectivity index (χ2v) is 10.4. The van der Waals surface area contributed by atoms with Gasteiger partial charge in [0, 0.05) is 13.1 Å². The van der Waals surface area contributed by atoms with Gasteiger partial charge in [-0.2, -0.15) is 0 Å². The van der Waals surface area contributed by atoms with Gasteiger partial charge in [0.1, 0.15) is 4.83 Å². The third-order valence-electron chi connectivity index (χ3n) is 7.04. The number of aryl methyl sites for hydroxylation is 5. The van der Waals surface area contributed by atoms with E-state index in [-0.39, 0.29) is 11.5 Å². The van der Waals surface area contributed by atoms with E-state index in [4.69, 9.17) is 0 Å². The minimum atomic E-state index is -0.403. The first-order chi connectivity index (χ1) is 17.1. The first-order valence-corrected chi connectivity index (χ1v) is 13.1. The number of fused-ring (bicyclic) bond motifs is 1. The van der Waals surface area contributed by atoms with Crippen LogP contribution in [0, 0.1) is 34.6 Å². The second-order valence-electron chi connectivity index (χ2n) is 9.42. The van der Waals surface area contributed by atoms with Crippen LogP contribution in [0.15, 0.2) is 46.0 Å². The van der Waals surface area contributed by atoms with Gasteiger partial charge in [-0.1, -0.05) is 29.8 Å². The minimum Gasteiger partial charge on any atom is -0.338 e. The van der Waals surface area contributed by atoms with Gasteiger partial charge in [-0.05, 0) is 88.4 Å². The fraction of sp³-hybridized carbons (Fsp3) is 0.345. The van der Waals surface area contributed by atoms with Gasteiger partial charge < -0.3 is 4.90 Å². The largest absolute Gasteiger partial charge is 0.338 e. The molecular weight excluding hydrogens is 470 g/mol. The Kier molecular flexibility index (Phi) is 7.05. The Hall–Kier alpha value is -3.45. The fourth-order valence-electron chi connectivity index (χ4n) is 4.58. The smallest absolute Gasteiger partial charge is 0.337 e. The summed E-state index contributed by atoms with van der Waals surface area (Å²) in [7, 11) is 0. The van der Waals surface area contributed by atoms with Gasteiger partial charge >= 0.3 is 5.69 Å². The van der Waals surface area contributed by atoms with E-state index in [1.807, 2.05) is 78.8 Å². The van der Waals surface area contributed by atoms with Crippen LogP contribution in [-0.4, -0.2) is 33.0 Å². The normalized spacial score (nSPS) is 11.3. The highest BCUT2D eigenvalue weighted by Crippen LogP contribution is 2.30. The number of carbonyl (C=O) groups is 1. The number of carbonyl (C=O) groups excluding carboxylic acids is 1. The third-order valence-corrected chi connectivity index (χ3v) is 8.34. The molecule has 0 atom stereocenters. The maximum atomic E-state index is 14.0. The van der Waals surface area contributed by atoms with Crippen LogP contribution in [0.25, 0.3) is 15.9 Å². The molecule has 188 valence electrons. The molecule has 7 heteroatoms. The predicted molar refractivity (Wildman–Crippen MR) is 148 cm³/mol. The Balaban J connectivity index is 2.08.